The minimum Gasteiger partial charge on any atom is -0.342 e. The second-order valence-electron chi connectivity index (χ2n) is 6.44. The van der Waals surface area contributed by atoms with Crippen LogP contribution in [0.5, 0.6) is 0 Å². The first kappa shape index (κ1) is 13.6. The minimum absolute atomic E-state index is 0.308. The average Bonchev–Trinajstić information content (AvgIpc) is 2.99. The van der Waals surface area contributed by atoms with Crippen LogP contribution >= 0.6 is 0 Å². The van der Waals surface area contributed by atoms with Gasteiger partial charge in [0.2, 0.25) is 5.91 Å². The van der Waals surface area contributed by atoms with Crippen LogP contribution in [0.25, 0.3) is 0 Å². The summed E-state index contributed by atoms with van der Waals surface area (Å²) >= 11 is 0. The standard InChI is InChI=1S/C17H24N2O/c1-12-5-3-4-6-16(12)13(2)7-17(20)19-10-14-8-18-9-15(14)11-19/h3-6,13-15,18H,7-11H2,1-2H3/t13?,14-,15+. The predicted molar refractivity (Wildman–Crippen MR) is 80.6 cm³/mol. The third-order valence-electron chi connectivity index (χ3n) is 4.94. The smallest absolute Gasteiger partial charge is 0.223 e. The van der Waals surface area contributed by atoms with Crippen molar-refractivity contribution < 1.29 is 4.79 Å². The van der Waals surface area contributed by atoms with Crippen LogP contribution in [0.1, 0.15) is 30.4 Å². The molecule has 3 nitrogen and oxygen atoms in total. The predicted octanol–water partition coefficient (Wildman–Crippen LogP) is 2.17. The molecule has 1 N–H and O–H groups in total. The monoisotopic (exact) mass is 272 g/mol. The summed E-state index contributed by atoms with van der Waals surface area (Å²) in [6.07, 6.45) is 0.637. The van der Waals surface area contributed by atoms with Gasteiger partial charge in [0.1, 0.15) is 0 Å². The zero-order chi connectivity index (χ0) is 14.1. The molecule has 0 saturated carbocycles. The van der Waals surface area contributed by atoms with Crippen LogP contribution in [-0.4, -0.2) is 37.0 Å². The second-order valence-corrected chi connectivity index (χ2v) is 6.44. The van der Waals surface area contributed by atoms with E-state index in [9.17, 15) is 4.79 Å². The zero-order valence-electron chi connectivity index (χ0n) is 12.4. The van der Waals surface area contributed by atoms with Crippen LogP contribution in [0.15, 0.2) is 24.3 Å². The molecule has 2 saturated heterocycles. The maximum Gasteiger partial charge on any atom is 0.223 e. The molecule has 2 aliphatic heterocycles. The Morgan fingerprint density at radius 3 is 2.60 bits per heavy atom. The number of benzene rings is 1. The lowest BCUT2D eigenvalue weighted by Crippen LogP contribution is -2.32. The minimum atomic E-state index is 0.308. The lowest BCUT2D eigenvalue weighted by atomic mass is 9.93. The normalized spacial score (nSPS) is 26.6. The van der Waals surface area contributed by atoms with E-state index in [1.807, 2.05) is 0 Å². The molecule has 1 unspecified atom stereocenters. The van der Waals surface area contributed by atoms with Crippen LogP contribution in [0.4, 0.5) is 0 Å². The first-order valence-corrected chi connectivity index (χ1v) is 7.69. The van der Waals surface area contributed by atoms with Crippen LogP contribution in [-0.2, 0) is 4.79 Å². The van der Waals surface area contributed by atoms with Crippen molar-refractivity contribution in [3.63, 3.8) is 0 Å². The fourth-order valence-corrected chi connectivity index (χ4v) is 3.70. The van der Waals surface area contributed by atoms with Gasteiger partial charge >= 0.3 is 0 Å². The number of likely N-dealkylation sites (tertiary alicyclic amines) is 1. The maximum atomic E-state index is 12.5. The Labute approximate surface area is 121 Å². The summed E-state index contributed by atoms with van der Waals surface area (Å²) in [5.74, 6) is 2.01. The van der Waals surface area contributed by atoms with E-state index < -0.39 is 0 Å². The Kier molecular flexibility index (Phi) is 3.79. The summed E-state index contributed by atoms with van der Waals surface area (Å²) in [6.45, 7) is 8.37. The molecule has 0 aliphatic carbocycles. The van der Waals surface area contributed by atoms with Gasteiger partial charge in [-0.1, -0.05) is 31.2 Å². The van der Waals surface area contributed by atoms with Gasteiger partial charge in [0.05, 0.1) is 0 Å². The van der Waals surface area contributed by atoms with E-state index in [0.29, 0.717) is 30.1 Å². The first-order chi connectivity index (χ1) is 9.65. The Morgan fingerprint density at radius 2 is 1.95 bits per heavy atom. The highest BCUT2D eigenvalue weighted by atomic mass is 16.2. The molecule has 2 heterocycles. The molecule has 1 aromatic carbocycles. The SMILES string of the molecule is Cc1ccccc1C(C)CC(=O)N1C[C@H]2CNC[C@H]2C1. The highest BCUT2D eigenvalue weighted by Gasteiger charge is 2.38. The van der Waals surface area contributed by atoms with E-state index in [4.69, 9.17) is 0 Å². The highest BCUT2D eigenvalue weighted by Crippen LogP contribution is 2.29. The number of fused-ring (bicyclic) bond motifs is 1. The van der Waals surface area contributed by atoms with E-state index in [-0.39, 0.29) is 0 Å². The van der Waals surface area contributed by atoms with E-state index >= 15 is 0 Å². The van der Waals surface area contributed by atoms with Crippen molar-refractivity contribution in [1.29, 1.82) is 0 Å². The molecular weight excluding hydrogens is 248 g/mol. The molecule has 1 amide bonds. The van der Waals surface area contributed by atoms with Gasteiger partial charge in [0, 0.05) is 32.6 Å². The molecule has 3 rings (SSSR count). The molecule has 0 bridgehead atoms. The van der Waals surface area contributed by atoms with Crippen LogP contribution < -0.4 is 5.32 Å². The Hall–Kier alpha value is -1.35. The summed E-state index contributed by atoms with van der Waals surface area (Å²) in [4.78, 5) is 14.6. The molecule has 3 atom stereocenters. The van der Waals surface area contributed by atoms with Gasteiger partial charge in [-0.2, -0.15) is 0 Å². The van der Waals surface area contributed by atoms with E-state index in [0.717, 1.165) is 26.2 Å². The van der Waals surface area contributed by atoms with E-state index in [2.05, 4.69) is 48.3 Å². The van der Waals surface area contributed by atoms with Crippen molar-refractivity contribution in [1.82, 2.24) is 10.2 Å². The topological polar surface area (TPSA) is 32.3 Å². The van der Waals surface area contributed by atoms with Gasteiger partial charge in [-0.05, 0) is 35.8 Å². The molecular formula is C17H24N2O. The number of rotatable bonds is 3. The van der Waals surface area contributed by atoms with Gasteiger partial charge in [0.15, 0.2) is 0 Å². The summed E-state index contributed by atoms with van der Waals surface area (Å²) in [5.41, 5.74) is 2.59. The van der Waals surface area contributed by atoms with Crippen LogP contribution in [0.3, 0.4) is 0 Å². The largest absolute Gasteiger partial charge is 0.342 e. The molecule has 20 heavy (non-hydrogen) atoms. The molecule has 0 radical (unpaired) electrons. The number of nitrogens with zero attached hydrogens (tertiary/aromatic N) is 1. The Morgan fingerprint density at radius 1 is 1.30 bits per heavy atom. The number of amides is 1. The average molecular weight is 272 g/mol. The van der Waals surface area contributed by atoms with Crippen molar-refractivity contribution in [2.24, 2.45) is 11.8 Å². The van der Waals surface area contributed by atoms with Crippen LogP contribution in [0, 0.1) is 18.8 Å². The summed E-state index contributed by atoms with van der Waals surface area (Å²) in [7, 11) is 0. The van der Waals surface area contributed by atoms with E-state index in [1.54, 1.807) is 0 Å². The Balaban J connectivity index is 1.61. The molecule has 0 spiro atoms. The first-order valence-electron chi connectivity index (χ1n) is 7.69. The lowest BCUT2D eigenvalue weighted by Gasteiger charge is -2.21. The number of carbonyl (C=O) groups excluding carboxylic acids is 1. The second kappa shape index (κ2) is 5.57. The van der Waals surface area contributed by atoms with Crippen molar-refractivity contribution in [2.75, 3.05) is 26.2 Å². The number of nitrogens with one attached hydrogen (secondary N) is 1. The molecule has 2 aliphatic rings. The van der Waals surface area contributed by atoms with Crippen molar-refractivity contribution in [3.8, 4) is 0 Å². The lowest BCUT2D eigenvalue weighted by molar-refractivity contribution is -0.130. The fraction of sp³-hybridized carbons (Fsp3) is 0.588. The van der Waals surface area contributed by atoms with Gasteiger partial charge < -0.3 is 10.2 Å². The Bertz CT molecular complexity index is 488. The number of hydrogen-bond donors (Lipinski definition) is 1. The molecule has 1 aromatic rings. The molecule has 108 valence electrons. The maximum absolute atomic E-state index is 12.5. The number of aryl methyl sites for hydroxylation is 1. The number of carbonyl (C=O) groups is 1. The summed E-state index contributed by atoms with van der Waals surface area (Å²) in [6, 6.07) is 8.40. The molecule has 2 fully saturated rings. The van der Waals surface area contributed by atoms with Crippen molar-refractivity contribution in [2.45, 2.75) is 26.2 Å². The van der Waals surface area contributed by atoms with Crippen molar-refractivity contribution >= 4 is 5.91 Å². The molecule has 0 aromatic heterocycles. The highest BCUT2D eigenvalue weighted by molar-refractivity contribution is 5.77. The fourth-order valence-electron chi connectivity index (χ4n) is 3.70. The zero-order valence-corrected chi connectivity index (χ0v) is 12.4. The third-order valence-corrected chi connectivity index (χ3v) is 4.94. The van der Waals surface area contributed by atoms with Gasteiger partial charge in [-0.25, -0.2) is 0 Å². The number of hydrogen-bond acceptors (Lipinski definition) is 2. The van der Waals surface area contributed by atoms with Gasteiger partial charge in [-0.15, -0.1) is 0 Å². The van der Waals surface area contributed by atoms with Crippen LogP contribution in [0.2, 0.25) is 0 Å². The molecule has 3 heteroatoms. The summed E-state index contributed by atoms with van der Waals surface area (Å²) < 4.78 is 0. The summed E-state index contributed by atoms with van der Waals surface area (Å²) in [5, 5.41) is 3.42. The van der Waals surface area contributed by atoms with Gasteiger partial charge in [-0.3, -0.25) is 4.79 Å². The van der Waals surface area contributed by atoms with Crippen molar-refractivity contribution in [3.05, 3.63) is 35.4 Å². The third kappa shape index (κ3) is 2.59. The van der Waals surface area contributed by atoms with E-state index in [1.165, 1.54) is 11.1 Å². The van der Waals surface area contributed by atoms with Gasteiger partial charge in [0.25, 0.3) is 0 Å². The quantitative estimate of drug-likeness (QED) is 0.914.